The van der Waals surface area contributed by atoms with Gasteiger partial charge in [0.1, 0.15) is 0 Å². The van der Waals surface area contributed by atoms with Crippen molar-refractivity contribution in [1.82, 2.24) is 0 Å². The Balaban J connectivity index is 2.10. The highest BCUT2D eigenvalue weighted by atomic mass is 35.5. The molecule has 0 amide bonds. The van der Waals surface area contributed by atoms with Gasteiger partial charge in [0.2, 0.25) is 0 Å². The third-order valence-electron chi connectivity index (χ3n) is 2.29. The highest BCUT2D eigenvalue weighted by molar-refractivity contribution is 6.36. The fraction of sp³-hybridized carbons (Fsp3) is 0.400. The quantitative estimate of drug-likeness (QED) is 0.823. The lowest BCUT2D eigenvalue weighted by Gasteiger charge is -2.16. The van der Waals surface area contributed by atoms with Gasteiger partial charge in [0, 0.05) is 5.02 Å². The van der Waals surface area contributed by atoms with E-state index in [-0.39, 0.29) is 11.6 Å². The van der Waals surface area contributed by atoms with Crippen LogP contribution in [0.15, 0.2) is 18.2 Å². The zero-order valence-electron chi connectivity index (χ0n) is 7.84. The van der Waals surface area contributed by atoms with E-state index in [1.54, 1.807) is 12.1 Å². The van der Waals surface area contributed by atoms with Crippen LogP contribution in [0.3, 0.4) is 0 Å². The monoisotopic (exact) mass is 265 g/mol. The molecule has 15 heavy (non-hydrogen) atoms. The smallest absolute Gasteiger partial charge is 0.151 e. The molecule has 1 aromatic rings. The molecule has 0 aromatic heterocycles. The van der Waals surface area contributed by atoms with E-state index in [0.717, 1.165) is 12.1 Å². The first-order chi connectivity index (χ1) is 7.16. The molecule has 1 saturated heterocycles. The molecule has 1 N–H and O–H groups in total. The molecule has 0 spiro atoms. The molecule has 2 unspecified atom stereocenters. The Morgan fingerprint density at radius 1 is 1.33 bits per heavy atom. The minimum absolute atomic E-state index is 0.102. The number of alkyl halides is 1. The first-order valence-electron chi connectivity index (χ1n) is 4.64. The minimum Gasteiger partial charge on any atom is -0.377 e. The normalized spacial score (nSPS) is 25.5. The van der Waals surface area contributed by atoms with Crippen LogP contribution in [0.25, 0.3) is 0 Å². The van der Waals surface area contributed by atoms with Crippen molar-refractivity contribution in [2.75, 3.05) is 11.9 Å². The molecular weight excluding hydrogens is 256 g/mol. The van der Waals surface area contributed by atoms with Gasteiger partial charge < -0.3 is 10.1 Å². The van der Waals surface area contributed by atoms with Gasteiger partial charge in [0.15, 0.2) is 5.56 Å². The second-order valence-corrected chi connectivity index (χ2v) is 4.66. The van der Waals surface area contributed by atoms with Crippen LogP contribution in [0.1, 0.15) is 6.42 Å². The van der Waals surface area contributed by atoms with Crippen LogP contribution >= 0.6 is 34.8 Å². The molecule has 1 heterocycles. The first kappa shape index (κ1) is 11.3. The van der Waals surface area contributed by atoms with Gasteiger partial charge in [0.05, 0.1) is 23.4 Å². The first-order valence-corrected chi connectivity index (χ1v) is 5.83. The van der Waals surface area contributed by atoms with Crippen LogP contribution in [-0.4, -0.2) is 18.2 Å². The standard InChI is InChI=1S/C10H10Cl3NO/c11-6-1-2-8(7(12)5-6)14-9-3-4-15-10(9)13/h1-2,5,9-10,14H,3-4H2. The van der Waals surface area contributed by atoms with Crippen LogP contribution in [0.5, 0.6) is 0 Å². The van der Waals surface area contributed by atoms with Gasteiger partial charge in [-0.3, -0.25) is 0 Å². The molecule has 82 valence electrons. The van der Waals surface area contributed by atoms with Crippen LogP contribution in [-0.2, 0) is 4.74 Å². The summed E-state index contributed by atoms with van der Waals surface area (Å²) in [4.78, 5) is 0. The van der Waals surface area contributed by atoms with Crippen molar-refractivity contribution in [3.05, 3.63) is 28.2 Å². The van der Waals surface area contributed by atoms with E-state index >= 15 is 0 Å². The van der Waals surface area contributed by atoms with Gasteiger partial charge in [-0.25, -0.2) is 0 Å². The maximum absolute atomic E-state index is 6.02. The molecule has 0 saturated carbocycles. The number of rotatable bonds is 2. The third kappa shape index (κ3) is 2.70. The fourth-order valence-corrected chi connectivity index (χ4v) is 2.24. The molecule has 1 aliphatic heterocycles. The molecule has 0 bridgehead atoms. The summed E-state index contributed by atoms with van der Waals surface area (Å²) in [6.07, 6.45) is 0.882. The fourth-order valence-electron chi connectivity index (χ4n) is 1.50. The maximum Gasteiger partial charge on any atom is 0.151 e. The van der Waals surface area contributed by atoms with Gasteiger partial charge in [-0.1, -0.05) is 34.8 Å². The Hall–Kier alpha value is -0.150. The summed E-state index contributed by atoms with van der Waals surface area (Å²) in [6.45, 7) is 0.678. The lowest BCUT2D eigenvalue weighted by atomic mass is 10.2. The van der Waals surface area contributed by atoms with Crippen molar-refractivity contribution in [1.29, 1.82) is 0 Å². The summed E-state index contributed by atoms with van der Waals surface area (Å²) in [7, 11) is 0. The van der Waals surface area contributed by atoms with Crippen molar-refractivity contribution in [2.45, 2.75) is 18.0 Å². The summed E-state index contributed by atoms with van der Waals surface area (Å²) in [5.41, 5.74) is 0.541. The van der Waals surface area contributed by atoms with E-state index in [1.165, 1.54) is 0 Å². The number of anilines is 1. The summed E-state index contributed by atoms with van der Waals surface area (Å²) in [6, 6.07) is 5.43. The van der Waals surface area contributed by atoms with Gasteiger partial charge in [-0.2, -0.15) is 0 Å². The zero-order valence-corrected chi connectivity index (χ0v) is 10.1. The van der Waals surface area contributed by atoms with Crippen molar-refractivity contribution in [2.24, 2.45) is 0 Å². The summed E-state index contributed by atoms with van der Waals surface area (Å²) in [5, 5.41) is 4.46. The topological polar surface area (TPSA) is 21.3 Å². The SMILES string of the molecule is Clc1ccc(NC2CCOC2Cl)c(Cl)c1. The van der Waals surface area contributed by atoms with Crippen LogP contribution in [0.2, 0.25) is 10.0 Å². The molecule has 0 aliphatic carbocycles. The molecule has 1 fully saturated rings. The predicted octanol–water partition coefficient (Wildman–Crippen LogP) is 3.76. The Morgan fingerprint density at radius 2 is 2.13 bits per heavy atom. The number of benzene rings is 1. The van der Waals surface area contributed by atoms with Gasteiger partial charge in [0.25, 0.3) is 0 Å². The second-order valence-electron chi connectivity index (χ2n) is 3.39. The average Bonchev–Trinajstić information content (AvgIpc) is 2.57. The third-order valence-corrected chi connectivity index (χ3v) is 3.27. The van der Waals surface area contributed by atoms with E-state index in [9.17, 15) is 0 Å². The van der Waals surface area contributed by atoms with E-state index in [1.807, 2.05) is 6.07 Å². The molecular formula is C10H10Cl3NO. The van der Waals surface area contributed by atoms with Crippen molar-refractivity contribution < 1.29 is 4.74 Å². The number of hydrogen-bond donors (Lipinski definition) is 1. The van der Waals surface area contributed by atoms with E-state index < -0.39 is 0 Å². The molecule has 1 aliphatic rings. The molecule has 2 atom stereocenters. The summed E-state index contributed by atoms with van der Waals surface area (Å²) >= 11 is 17.8. The zero-order chi connectivity index (χ0) is 10.8. The molecule has 2 rings (SSSR count). The minimum atomic E-state index is -0.295. The summed E-state index contributed by atoms with van der Waals surface area (Å²) in [5.74, 6) is 0. The Labute approximate surface area is 103 Å². The molecule has 2 nitrogen and oxygen atoms in total. The molecule has 5 heteroatoms. The second kappa shape index (κ2) is 4.79. The Morgan fingerprint density at radius 3 is 2.73 bits per heavy atom. The van der Waals surface area contributed by atoms with Crippen molar-refractivity contribution in [3.8, 4) is 0 Å². The van der Waals surface area contributed by atoms with Crippen LogP contribution in [0, 0.1) is 0 Å². The highest BCUT2D eigenvalue weighted by Gasteiger charge is 2.26. The van der Waals surface area contributed by atoms with Crippen molar-refractivity contribution >= 4 is 40.5 Å². The maximum atomic E-state index is 6.02. The van der Waals surface area contributed by atoms with E-state index in [0.29, 0.717) is 16.7 Å². The van der Waals surface area contributed by atoms with E-state index in [2.05, 4.69) is 5.32 Å². The average molecular weight is 267 g/mol. The highest BCUT2D eigenvalue weighted by Crippen LogP contribution is 2.28. The Bertz CT molecular complexity index is 359. The lowest BCUT2D eigenvalue weighted by molar-refractivity contribution is 0.165. The number of ether oxygens (including phenoxy) is 1. The number of nitrogens with one attached hydrogen (secondary N) is 1. The Kier molecular flexibility index (Phi) is 3.62. The predicted molar refractivity (Wildman–Crippen MR) is 64.1 cm³/mol. The van der Waals surface area contributed by atoms with Gasteiger partial charge in [-0.05, 0) is 24.6 Å². The van der Waals surface area contributed by atoms with Crippen LogP contribution < -0.4 is 5.32 Å². The van der Waals surface area contributed by atoms with Crippen molar-refractivity contribution in [3.63, 3.8) is 0 Å². The van der Waals surface area contributed by atoms with E-state index in [4.69, 9.17) is 39.5 Å². The number of halogens is 3. The molecule has 0 radical (unpaired) electrons. The number of hydrogen-bond acceptors (Lipinski definition) is 2. The molecule has 1 aromatic carbocycles. The largest absolute Gasteiger partial charge is 0.377 e. The lowest BCUT2D eigenvalue weighted by Crippen LogP contribution is -2.24. The van der Waals surface area contributed by atoms with Gasteiger partial charge in [-0.15, -0.1) is 0 Å². The van der Waals surface area contributed by atoms with Gasteiger partial charge >= 0.3 is 0 Å². The summed E-state index contributed by atoms with van der Waals surface area (Å²) < 4.78 is 5.24. The van der Waals surface area contributed by atoms with Crippen LogP contribution in [0.4, 0.5) is 5.69 Å².